The van der Waals surface area contributed by atoms with E-state index in [0.717, 1.165) is 17.0 Å². The van der Waals surface area contributed by atoms with E-state index in [1.165, 1.54) is 12.5 Å². The number of carbonyl (C=O) groups is 2. The first kappa shape index (κ1) is 16.6. The molecule has 0 aliphatic carbocycles. The largest absolute Gasteiger partial charge is 0.355 e. The number of carbonyl (C=O) groups excluding carboxylic acids is 2. The number of hydrogen-bond acceptors (Lipinski definition) is 3. The van der Waals surface area contributed by atoms with Gasteiger partial charge in [-0.05, 0) is 38.8 Å². The van der Waals surface area contributed by atoms with Crippen molar-refractivity contribution in [2.24, 2.45) is 0 Å². The Kier molecular flexibility index (Phi) is 5.24. The second-order valence-corrected chi connectivity index (χ2v) is 6.81. The molecular formula is C18H21NO2S. The monoisotopic (exact) mass is 315 g/mol. The van der Waals surface area contributed by atoms with Gasteiger partial charge in [-0.3, -0.25) is 9.59 Å². The van der Waals surface area contributed by atoms with Crippen LogP contribution in [-0.4, -0.2) is 21.8 Å². The molecule has 0 aliphatic heterocycles. The lowest BCUT2D eigenvalue weighted by molar-refractivity contribution is 0.0988. The zero-order chi connectivity index (χ0) is 16.3. The van der Waals surface area contributed by atoms with Crippen molar-refractivity contribution in [1.29, 1.82) is 0 Å². The van der Waals surface area contributed by atoms with Crippen LogP contribution in [0.3, 0.4) is 0 Å². The van der Waals surface area contributed by atoms with Gasteiger partial charge < -0.3 is 4.98 Å². The van der Waals surface area contributed by atoms with Gasteiger partial charge >= 0.3 is 0 Å². The van der Waals surface area contributed by atoms with Crippen molar-refractivity contribution in [1.82, 2.24) is 4.98 Å². The van der Waals surface area contributed by atoms with E-state index >= 15 is 0 Å². The second-order valence-electron chi connectivity index (χ2n) is 5.48. The Balaban J connectivity index is 2.11. The van der Waals surface area contributed by atoms with Crippen LogP contribution in [-0.2, 0) is 5.75 Å². The molecule has 1 aromatic carbocycles. The number of aromatic amines is 1. The lowest BCUT2D eigenvalue weighted by Crippen LogP contribution is -2.15. The summed E-state index contributed by atoms with van der Waals surface area (Å²) in [5.41, 5.74) is 3.95. The fraction of sp³-hybridized carbons (Fsp3) is 0.333. The van der Waals surface area contributed by atoms with Crippen LogP contribution in [0, 0.1) is 13.8 Å². The van der Waals surface area contributed by atoms with Gasteiger partial charge in [-0.15, -0.1) is 11.8 Å². The van der Waals surface area contributed by atoms with Crippen molar-refractivity contribution in [3.05, 3.63) is 58.4 Å². The van der Waals surface area contributed by atoms with E-state index in [2.05, 4.69) is 17.1 Å². The molecule has 0 bridgehead atoms. The van der Waals surface area contributed by atoms with Gasteiger partial charge in [-0.25, -0.2) is 0 Å². The minimum Gasteiger partial charge on any atom is -0.355 e. The topological polar surface area (TPSA) is 49.9 Å². The Morgan fingerprint density at radius 2 is 1.82 bits per heavy atom. The van der Waals surface area contributed by atoms with Crippen molar-refractivity contribution in [3.63, 3.8) is 0 Å². The number of thioether (sulfide) groups is 1. The summed E-state index contributed by atoms with van der Waals surface area (Å²) in [6.07, 6.45) is 0. The zero-order valence-electron chi connectivity index (χ0n) is 13.4. The number of benzene rings is 1. The highest BCUT2D eigenvalue weighted by atomic mass is 32.2. The fourth-order valence-corrected chi connectivity index (χ4v) is 3.50. The summed E-state index contributed by atoms with van der Waals surface area (Å²) in [6, 6.07) is 10.1. The van der Waals surface area contributed by atoms with Crippen LogP contribution in [0.15, 0.2) is 30.3 Å². The zero-order valence-corrected chi connectivity index (χ0v) is 14.2. The number of H-pyrrole nitrogens is 1. The van der Waals surface area contributed by atoms with E-state index in [4.69, 9.17) is 0 Å². The maximum atomic E-state index is 12.6. The average molecular weight is 315 g/mol. The minimum atomic E-state index is -0.156. The summed E-state index contributed by atoms with van der Waals surface area (Å²) in [6.45, 7) is 7.12. The number of hydrogen-bond donors (Lipinski definition) is 1. The predicted octanol–water partition coefficient (Wildman–Crippen LogP) is 4.34. The van der Waals surface area contributed by atoms with Crippen molar-refractivity contribution < 1.29 is 9.59 Å². The van der Waals surface area contributed by atoms with E-state index in [0.29, 0.717) is 11.3 Å². The van der Waals surface area contributed by atoms with Crippen LogP contribution in [0.1, 0.15) is 51.5 Å². The third-order valence-corrected chi connectivity index (χ3v) is 4.96. The van der Waals surface area contributed by atoms with Crippen molar-refractivity contribution in [2.45, 2.75) is 38.7 Å². The molecule has 22 heavy (non-hydrogen) atoms. The Bertz CT molecular complexity index is 689. The standard InChI is InChI=1S/C18H21NO2S/c1-11-16(13(3)20)12(2)19-17(11)18(21)14(4)22-10-15-8-6-5-7-9-15/h5-9,14,19H,10H2,1-4H3/t14-/m0/s1. The van der Waals surface area contributed by atoms with Crippen LogP contribution in [0.2, 0.25) is 0 Å². The molecule has 0 radical (unpaired) electrons. The Hall–Kier alpha value is -1.81. The smallest absolute Gasteiger partial charge is 0.191 e. The van der Waals surface area contributed by atoms with Gasteiger partial charge in [0.2, 0.25) is 0 Å². The number of rotatable bonds is 6. The molecule has 0 amide bonds. The first-order chi connectivity index (χ1) is 10.4. The highest BCUT2D eigenvalue weighted by Crippen LogP contribution is 2.25. The molecule has 1 heterocycles. The number of ketones is 2. The number of nitrogens with one attached hydrogen (secondary N) is 1. The lowest BCUT2D eigenvalue weighted by Gasteiger charge is -2.10. The van der Waals surface area contributed by atoms with Crippen LogP contribution in [0.5, 0.6) is 0 Å². The third kappa shape index (κ3) is 3.50. The molecule has 0 unspecified atom stereocenters. The second kappa shape index (κ2) is 6.97. The van der Waals surface area contributed by atoms with Gasteiger partial charge in [0.15, 0.2) is 11.6 Å². The maximum Gasteiger partial charge on any atom is 0.191 e. The van der Waals surface area contributed by atoms with Gasteiger partial charge in [0, 0.05) is 17.0 Å². The maximum absolute atomic E-state index is 12.6. The van der Waals surface area contributed by atoms with E-state index in [1.807, 2.05) is 39.0 Å². The summed E-state index contributed by atoms with van der Waals surface area (Å²) in [4.78, 5) is 27.4. The van der Waals surface area contributed by atoms with Crippen LogP contribution in [0.25, 0.3) is 0 Å². The molecule has 3 nitrogen and oxygen atoms in total. The average Bonchev–Trinajstić information content (AvgIpc) is 2.80. The summed E-state index contributed by atoms with van der Waals surface area (Å²) in [5.74, 6) is 0.843. The number of aromatic nitrogens is 1. The van der Waals surface area contributed by atoms with Crippen LogP contribution in [0.4, 0.5) is 0 Å². The van der Waals surface area contributed by atoms with E-state index in [9.17, 15) is 9.59 Å². The van der Waals surface area contributed by atoms with Crippen molar-refractivity contribution >= 4 is 23.3 Å². The molecular weight excluding hydrogens is 294 g/mol. The Morgan fingerprint density at radius 3 is 2.36 bits per heavy atom. The molecule has 116 valence electrons. The molecule has 2 aromatic rings. The van der Waals surface area contributed by atoms with Gasteiger partial charge in [-0.1, -0.05) is 30.3 Å². The van der Waals surface area contributed by atoms with E-state index in [-0.39, 0.29) is 16.8 Å². The SMILES string of the molecule is CC(=O)c1c(C)[nH]c(C(=O)[C@H](C)SCc2ccccc2)c1C. The van der Waals surface area contributed by atoms with Crippen LogP contribution < -0.4 is 0 Å². The molecule has 4 heteroatoms. The molecule has 0 saturated carbocycles. The first-order valence-corrected chi connectivity index (χ1v) is 8.36. The first-order valence-electron chi connectivity index (χ1n) is 7.31. The third-order valence-electron chi connectivity index (χ3n) is 3.75. The summed E-state index contributed by atoms with van der Waals surface area (Å²) in [5, 5.41) is -0.156. The van der Waals surface area contributed by atoms with E-state index in [1.54, 1.807) is 11.8 Å². The quantitative estimate of drug-likeness (QED) is 0.807. The highest BCUT2D eigenvalue weighted by Gasteiger charge is 2.23. The number of aryl methyl sites for hydroxylation is 1. The minimum absolute atomic E-state index is 0.00473. The van der Waals surface area contributed by atoms with Crippen LogP contribution >= 0.6 is 11.8 Å². The summed E-state index contributed by atoms with van der Waals surface area (Å²) in [7, 11) is 0. The molecule has 1 N–H and O–H groups in total. The number of Topliss-reactive ketones (excluding diaryl/α,β-unsaturated/α-hetero) is 2. The molecule has 0 spiro atoms. The van der Waals surface area contributed by atoms with Gasteiger partial charge in [0.05, 0.1) is 10.9 Å². The Morgan fingerprint density at radius 1 is 1.18 bits per heavy atom. The molecule has 0 fully saturated rings. The Labute approximate surface area is 135 Å². The lowest BCUT2D eigenvalue weighted by atomic mass is 10.0. The summed E-state index contributed by atoms with van der Waals surface area (Å²) < 4.78 is 0. The van der Waals surface area contributed by atoms with Gasteiger partial charge in [0.25, 0.3) is 0 Å². The van der Waals surface area contributed by atoms with Gasteiger partial charge in [0.1, 0.15) is 0 Å². The van der Waals surface area contributed by atoms with Gasteiger partial charge in [-0.2, -0.15) is 0 Å². The normalized spacial score (nSPS) is 12.2. The highest BCUT2D eigenvalue weighted by molar-refractivity contribution is 7.99. The van der Waals surface area contributed by atoms with E-state index < -0.39 is 0 Å². The molecule has 1 atom stereocenters. The molecule has 1 aromatic heterocycles. The molecule has 2 rings (SSSR count). The predicted molar refractivity (Wildman–Crippen MR) is 91.8 cm³/mol. The van der Waals surface area contributed by atoms with Crippen molar-refractivity contribution in [3.8, 4) is 0 Å². The molecule has 0 aliphatic rings. The molecule has 0 saturated heterocycles. The van der Waals surface area contributed by atoms with Crippen molar-refractivity contribution in [2.75, 3.05) is 0 Å². The fourth-order valence-electron chi connectivity index (χ4n) is 2.60. The summed E-state index contributed by atoms with van der Waals surface area (Å²) >= 11 is 1.61.